The van der Waals surface area contributed by atoms with E-state index in [1.54, 1.807) is 0 Å². The van der Waals surface area contributed by atoms with E-state index in [9.17, 15) is 4.80 Å². The summed E-state index contributed by atoms with van der Waals surface area (Å²) in [6.07, 6.45) is 0. The van der Waals surface area contributed by atoms with Gasteiger partial charge in [0.1, 0.15) is 0 Å². The molecule has 0 spiro atoms. The zero-order valence-electron chi connectivity index (χ0n) is 12.3. The fraction of sp³-hybridized carbons (Fsp3) is 0.333. The molecule has 0 heterocycles. The molecule has 0 amide bonds. The summed E-state index contributed by atoms with van der Waals surface area (Å²) in [5, 5.41) is 0. The van der Waals surface area contributed by atoms with Crippen LogP contribution in [0.5, 0.6) is 0 Å². The zero-order chi connectivity index (χ0) is 14.4. The molecular formula is C18H23OSi. The standard InChI is InChI=1S/C18H23OSi/c1-15(17-9-5-3-6-10-17)13-20(19)14-16(2)18-11-7-4-8-12-18/h3-12,15-16,19H,13-14H2,1-2H3. The summed E-state index contributed by atoms with van der Waals surface area (Å²) < 4.78 is 0. The Labute approximate surface area is 124 Å². The molecule has 105 valence electrons. The zero-order valence-corrected chi connectivity index (χ0v) is 13.3. The van der Waals surface area contributed by atoms with Crippen LogP contribution in [-0.4, -0.2) is 13.8 Å². The molecule has 2 aromatic carbocycles. The molecule has 1 nitrogen and oxygen atoms in total. The molecule has 0 fully saturated rings. The van der Waals surface area contributed by atoms with E-state index in [1.165, 1.54) is 11.1 Å². The monoisotopic (exact) mass is 283 g/mol. The van der Waals surface area contributed by atoms with E-state index in [-0.39, 0.29) is 0 Å². The van der Waals surface area contributed by atoms with Crippen molar-refractivity contribution in [2.45, 2.75) is 37.8 Å². The lowest BCUT2D eigenvalue weighted by molar-refractivity contribution is 0.547. The first-order valence-electron chi connectivity index (χ1n) is 7.30. The maximum atomic E-state index is 10.4. The lowest BCUT2D eigenvalue weighted by Crippen LogP contribution is -2.17. The van der Waals surface area contributed by atoms with Gasteiger partial charge in [0.15, 0.2) is 0 Å². The summed E-state index contributed by atoms with van der Waals surface area (Å²) in [5.41, 5.74) is 2.66. The highest BCUT2D eigenvalue weighted by molar-refractivity contribution is 6.50. The van der Waals surface area contributed by atoms with E-state index < -0.39 is 9.04 Å². The van der Waals surface area contributed by atoms with E-state index in [4.69, 9.17) is 0 Å². The van der Waals surface area contributed by atoms with Gasteiger partial charge in [-0.25, -0.2) is 0 Å². The minimum Gasteiger partial charge on any atom is -0.431 e. The lowest BCUT2D eigenvalue weighted by Gasteiger charge is -2.18. The minimum absolute atomic E-state index is 0.443. The van der Waals surface area contributed by atoms with Crippen molar-refractivity contribution in [2.75, 3.05) is 0 Å². The van der Waals surface area contributed by atoms with Gasteiger partial charge in [0.05, 0.1) is 0 Å². The molecule has 0 aromatic heterocycles. The van der Waals surface area contributed by atoms with Crippen molar-refractivity contribution in [3.63, 3.8) is 0 Å². The van der Waals surface area contributed by atoms with Gasteiger partial charge in [-0.2, -0.15) is 0 Å². The molecule has 0 saturated heterocycles. The first-order chi connectivity index (χ1) is 9.66. The maximum absolute atomic E-state index is 10.4. The molecule has 2 aromatic rings. The molecule has 2 rings (SSSR count). The Morgan fingerprint density at radius 3 is 1.45 bits per heavy atom. The van der Waals surface area contributed by atoms with Crippen LogP contribution in [0.2, 0.25) is 12.1 Å². The maximum Gasteiger partial charge on any atom is 0.208 e. The Morgan fingerprint density at radius 1 is 0.750 bits per heavy atom. The van der Waals surface area contributed by atoms with Crippen LogP contribution in [0.4, 0.5) is 0 Å². The number of rotatable bonds is 6. The summed E-state index contributed by atoms with van der Waals surface area (Å²) >= 11 is 0. The Balaban J connectivity index is 1.88. The highest BCUT2D eigenvalue weighted by atomic mass is 28.3. The van der Waals surface area contributed by atoms with Gasteiger partial charge < -0.3 is 4.80 Å². The molecule has 0 aliphatic heterocycles. The van der Waals surface area contributed by atoms with Gasteiger partial charge in [-0.3, -0.25) is 0 Å². The summed E-state index contributed by atoms with van der Waals surface area (Å²) in [6.45, 7) is 4.42. The quantitative estimate of drug-likeness (QED) is 0.770. The fourth-order valence-corrected chi connectivity index (χ4v) is 4.64. The van der Waals surface area contributed by atoms with Crippen molar-refractivity contribution in [3.8, 4) is 0 Å². The van der Waals surface area contributed by atoms with Crippen LogP contribution in [0.25, 0.3) is 0 Å². The summed E-state index contributed by atoms with van der Waals surface area (Å²) in [5.74, 6) is 0.885. The van der Waals surface area contributed by atoms with Crippen molar-refractivity contribution >= 4 is 9.04 Å². The Morgan fingerprint density at radius 2 is 1.10 bits per heavy atom. The second-order valence-electron chi connectivity index (χ2n) is 5.60. The smallest absolute Gasteiger partial charge is 0.208 e. The molecule has 1 N–H and O–H groups in total. The second-order valence-corrected chi connectivity index (χ2v) is 7.55. The highest BCUT2D eigenvalue weighted by Crippen LogP contribution is 2.26. The van der Waals surface area contributed by atoms with Gasteiger partial charge in [-0.15, -0.1) is 0 Å². The molecular weight excluding hydrogens is 260 g/mol. The van der Waals surface area contributed by atoms with Crippen LogP contribution in [-0.2, 0) is 0 Å². The number of hydrogen-bond acceptors (Lipinski definition) is 1. The average molecular weight is 283 g/mol. The second kappa shape index (κ2) is 7.41. The van der Waals surface area contributed by atoms with Crippen molar-refractivity contribution in [1.29, 1.82) is 0 Å². The molecule has 1 radical (unpaired) electrons. The third kappa shape index (κ3) is 4.32. The van der Waals surface area contributed by atoms with Gasteiger partial charge in [-0.05, 0) is 35.1 Å². The molecule has 2 heteroatoms. The molecule has 20 heavy (non-hydrogen) atoms. The summed E-state index contributed by atoms with van der Waals surface area (Å²) in [4.78, 5) is 10.4. The van der Waals surface area contributed by atoms with E-state index in [0.29, 0.717) is 11.8 Å². The van der Waals surface area contributed by atoms with Crippen molar-refractivity contribution in [1.82, 2.24) is 0 Å². The van der Waals surface area contributed by atoms with E-state index in [2.05, 4.69) is 62.4 Å². The van der Waals surface area contributed by atoms with Crippen LogP contribution in [0, 0.1) is 0 Å². The van der Waals surface area contributed by atoms with Crippen LogP contribution in [0.1, 0.15) is 36.8 Å². The van der Waals surface area contributed by atoms with Crippen LogP contribution >= 0.6 is 0 Å². The van der Waals surface area contributed by atoms with Gasteiger partial charge in [-0.1, -0.05) is 74.5 Å². The van der Waals surface area contributed by atoms with Crippen molar-refractivity contribution in [3.05, 3.63) is 71.8 Å². The average Bonchev–Trinajstić information content (AvgIpc) is 2.49. The molecule has 0 bridgehead atoms. The normalized spacial score (nSPS) is 14.2. The molecule has 2 atom stereocenters. The largest absolute Gasteiger partial charge is 0.431 e. The van der Waals surface area contributed by atoms with Gasteiger partial charge in [0.2, 0.25) is 9.04 Å². The van der Waals surface area contributed by atoms with E-state index in [0.717, 1.165) is 12.1 Å². The van der Waals surface area contributed by atoms with Crippen LogP contribution in [0.15, 0.2) is 60.7 Å². The first kappa shape index (κ1) is 15.0. The van der Waals surface area contributed by atoms with Crippen LogP contribution < -0.4 is 0 Å². The van der Waals surface area contributed by atoms with E-state index >= 15 is 0 Å². The number of benzene rings is 2. The van der Waals surface area contributed by atoms with Crippen molar-refractivity contribution in [2.24, 2.45) is 0 Å². The highest BCUT2D eigenvalue weighted by Gasteiger charge is 2.18. The third-order valence-corrected chi connectivity index (χ3v) is 5.99. The van der Waals surface area contributed by atoms with E-state index in [1.807, 2.05) is 12.1 Å². The minimum atomic E-state index is -1.28. The Bertz CT molecular complexity index is 450. The predicted molar refractivity (Wildman–Crippen MR) is 87.3 cm³/mol. The fourth-order valence-electron chi connectivity index (χ4n) is 2.59. The summed E-state index contributed by atoms with van der Waals surface area (Å²) in [7, 11) is -1.28. The molecule has 0 aliphatic carbocycles. The lowest BCUT2D eigenvalue weighted by atomic mass is 10.0. The molecule has 2 unspecified atom stereocenters. The molecule has 0 aliphatic rings. The molecule has 0 saturated carbocycles. The topological polar surface area (TPSA) is 20.2 Å². The van der Waals surface area contributed by atoms with Crippen molar-refractivity contribution < 1.29 is 4.80 Å². The Hall–Kier alpha value is -1.38. The van der Waals surface area contributed by atoms with Crippen LogP contribution in [0.3, 0.4) is 0 Å². The van der Waals surface area contributed by atoms with Gasteiger partial charge in [0, 0.05) is 0 Å². The Kier molecular flexibility index (Phi) is 5.56. The SMILES string of the molecule is CC(C[Si](O)CC(C)c1ccccc1)c1ccccc1. The predicted octanol–water partition coefficient (Wildman–Crippen LogP) is 4.58. The summed E-state index contributed by atoms with van der Waals surface area (Å²) in [6, 6.07) is 22.8. The first-order valence-corrected chi connectivity index (χ1v) is 9.16. The van der Waals surface area contributed by atoms with Gasteiger partial charge >= 0.3 is 0 Å². The number of hydrogen-bond donors (Lipinski definition) is 1. The van der Waals surface area contributed by atoms with Gasteiger partial charge in [0.25, 0.3) is 0 Å². The third-order valence-electron chi connectivity index (χ3n) is 3.82.